The Labute approximate surface area is 155 Å². The second-order valence-electron chi connectivity index (χ2n) is 6.96. The summed E-state index contributed by atoms with van der Waals surface area (Å²) in [6.45, 7) is 8.36. The van der Waals surface area contributed by atoms with E-state index in [1.54, 1.807) is 20.1 Å². The van der Waals surface area contributed by atoms with Crippen molar-refractivity contribution in [2.75, 3.05) is 44.0 Å². The van der Waals surface area contributed by atoms with Crippen molar-refractivity contribution in [1.29, 1.82) is 5.41 Å². The first-order valence-electron chi connectivity index (χ1n) is 9.19. The van der Waals surface area contributed by atoms with E-state index in [1.807, 2.05) is 13.8 Å². The summed E-state index contributed by atoms with van der Waals surface area (Å²) in [5.74, 6) is 0.269. The van der Waals surface area contributed by atoms with Gasteiger partial charge in [-0.1, -0.05) is 13.8 Å². The van der Waals surface area contributed by atoms with Gasteiger partial charge < -0.3 is 25.5 Å². The Morgan fingerprint density at radius 3 is 2.62 bits per heavy atom. The lowest BCUT2D eigenvalue weighted by Crippen LogP contribution is -2.36. The maximum absolute atomic E-state index is 12.2. The largest absolute Gasteiger partial charge is 0.461 e. The van der Waals surface area contributed by atoms with E-state index in [1.165, 1.54) is 0 Å². The number of aromatic nitrogens is 1. The number of anilines is 2. The molecular formula is C19H30N4O3. The fraction of sp³-hybridized carbons (Fsp3) is 0.632. The molecule has 0 radical (unpaired) electrons. The highest BCUT2D eigenvalue weighted by Crippen LogP contribution is 2.32. The van der Waals surface area contributed by atoms with Crippen LogP contribution in [0.15, 0.2) is 6.07 Å². The van der Waals surface area contributed by atoms with Crippen molar-refractivity contribution < 1.29 is 14.3 Å². The quantitative estimate of drug-likeness (QED) is 0.571. The molecule has 1 fully saturated rings. The summed E-state index contributed by atoms with van der Waals surface area (Å²) in [6, 6.07) is 1.72. The standard InChI is InChI=1S/C19H30N4O3/c1-5-26-19(24)14-10-15(16(18(21)22-14)17(20)12(2)3)23-8-6-13(7-9-23)11-25-4/h10,12-13,20H,5-9,11H2,1-4H3,(H2,21,22). The number of nitrogen functional groups attached to an aromatic ring is 1. The zero-order chi connectivity index (χ0) is 19.3. The van der Waals surface area contributed by atoms with Gasteiger partial charge in [-0.2, -0.15) is 0 Å². The number of hydrogen-bond acceptors (Lipinski definition) is 7. The number of hydrogen-bond donors (Lipinski definition) is 2. The van der Waals surface area contributed by atoms with Crippen molar-refractivity contribution >= 4 is 23.2 Å². The lowest BCUT2D eigenvalue weighted by Gasteiger charge is -2.35. The van der Waals surface area contributed by atoms with Crippen LogP contribution in [0.1, 0.15) is 49.7 Å². The molecular weight excluding hydrogens is 332 g/mol. The second-order valence-corrected chi connectivity index (χ2v) is 6.96. The number of methoxy groups -OCH3 is 1. The normalized spacial score (nSPS) is 15.3. The summed E-state index contributed by atoms with van der Waals surface area (Å²) in [5.41, 5.74) is 8.22. The van der Waals surface area contributed by atoms with Crippen molar-refractivity contribution in [3.63, 3.8) is 0 Å². The van der Waals surface area contributed by atoms with E-state index in [0.29, 0.717) is 17.2 Å². The van der Waals surface area contributed by atoms with Gasteiger partial charge in [0.15, 0.2) is 5.69 Å². The van der Waals surface area contributed by atoms with Crippen molar-refractivity contribution in [2.24, 2.45) is 11.8 Å². The fourth-order valence-corrected chi connectivity index (χ4v) is 3.25. The van der Waals surface area contributed by atoms with Crippen LogP contribution in [0.4, 0.5) is 11.5 Å². The number of nitrogens with zero attached hydrogens (tertiary/aromatic N) is 2. The molecule has 2 heterocycles. The lowest BCUT2D eigenvalue weighted by atomic mass is 9.94. The number of rotatable bonds is 7. The minimum atomic E-state index is -0.489. The van der Waals surface area contributed by atoms with E-state index in [4.69, 9.17) is 20.6 Å². The van der Waals surface area contributed by atoms with Crippen LogP contribution in [0, 0.1) is 17.2 Å². The third-order valence-electron chi connectivity index (χ3n) is 4.72. The molecule has 1 aromatic heterocycles. The fourth-order valence-electron chi connectivity index (χ4n) is 3.25. The third-order valence-corrected chi connectivity index (χ3v) is 4.72. The Hall–Kier alpha value is -2.15. The first kappa shape index (κ1) is 20.2. The van der Waals surface area contributed by atoms with Crippen LogP contribution in [0.3, 0.4) is 0 Å². The molecule has 0 aromatic carbocycles. The van der Waals surface area contributed by atoms with Gasteiger partial charge in [-0.3, -0.25) is 0 Å². The maximum atomic E-state index is 12.2. The molecule has 1 aromatic rings. The van der Waals surface area contributed by atoms with Crippen molar-refractivity contribution in [2.45, 2.75) is 33.6 Å². The van der Waals surface area contributed by atoms with Gasteiger partial charge >= 0.3 is 5.97 Å². The van der Waals surface area contributed by atoms with E-state index >= 15 is 0 Å². The van der Waals surface area contributed by atoms with Crippen LogP contribution in [-0.4, -0.2) is 50.1 Å². The number of pyridine rings is 1. The maximum Gasteiger partial charge on any atom is 0.357 e. The van der Waals surface area contributed by atoms with E-state index in [-0.39, 0.29) is 24.0 Å². The summed E-state index contributed by atoms with van der Waals surface area (Å²) in [4.78, 5) is 18.6. The van der Waals surface area contributed by atoms with Crippen LogP contribution in [0.5, 0.6) is 0 Å². The van der Waals surface area contributed by atoms with Gasteiger partial charge in [0.1, 0.15) is 5.82 Å². The van der Waals surface area contributed by atoms with Crippen LogP contribution < -0.4 is 10.6 Å². The van der Waals surface area contributed by atoms with Gasteiger partial charge in [-0.25, -0.2) is 9.78 Å². The van der Waals surface area contributed by atoms with Crippen LogP contribution >= 0.6 is 0 Å². The molecule has 144 valence electrons. The minimum Gasteiger partial charge on any atom is -0.461 e. The molecule has 1 aliphatic heterocycles. The van der Waals surface area contributed by atoms with Crippen LogP contribution in [0.25, 0.3) is 0 Å². The summed E-state index contributed by atoms with van der Waals surface area (Å²) in [5, 5.41) is 8.47. The monoisotopic (exact) mass is 362 g/mol. The predicted molar refractivity (Wildman–Crippen MR) is 103 cm³/mol. The minimum absolute atomic E-state index is 0.0114. The number of piperidine rings is 1. The second kappa shape index (κ2) is 8.98. The van der Waals surface area contributed by atoms with E-state index in [2.05, 4.69) is 9.88 Å². The van der Waals surface area contributed by atoms with Gasteiger partial charge in [0.05, 0.1) is 17.9 Å². The van der Waals surface area contributed by atoms with E-state index in [9.17, 15) is 4.79 Å². The van der Waals surface area contributed by atoms with Crippen molar-refractivity contribution in [1.82, 2.24) is 4.98 Å². The van der Waals surface area contributed by atoms with Crippen molar-refractivity contribution in [3.05, 3.63) is 17.3 Å². The SMILES string of the molecule is CCOC(=O)c1cc(N2CCC(COC)CC2)c(C(=N)C(C)C)c(N)n1. The molecule has 3 N–H and O–H groups in total. The van der Waals surface area contributed by atoms with Gasteiger partial charge in [0, 0.05) is 32.5 Å². The molecule has 0 amide bonds. The highest BCUT2D eigenvalue weighted by Gasteiger charge is 2.26. The molecule has 1 aliphatic rings. The topological polar surface area (TPSA) is 102 Å². The van der Waals surface area contributed by atoms with Gasteiger partial charge in [-0.15, -0.1) is 0 Å². The summed E-state index contributed by atoms with van der Waals surface area (Å²) < 4.78 is 10.3. The summed E-state index contributed by atoms with van der Waals surface area (Å²) >= 11 is 0. The van der Waals surface area contributed by atoms with Gasteiger partial charge in [0.25, 0.3) is 0 Å². The van der Waals surface area contributed by atoms with E-state index in [0.717, 1.165) is 38.2 Å². The van der Waals surface area contributed by atoms with Gasteiger partial charge in [0.2, 0.25) is 0 Å². The summed E-state index contributed by atoms with van der Waals surface area (Å²) in [6.07, 6.45) is 2.00. The zero-order valence-electron chi connectivity index (χ0n) is 16.2. The molecule has 0 saturated carbocycles. The van der Waals surface area contributed by atoms with Gasteiger partial charge in [-0.05, 0) is 37.7 Å². The molecule has 2 rings (SSSR count). The Morgan fingerprint density at radius 1 is 1.42 bits per heavy atom. The number of carbonyl (C=O) groups is 1. The predicted octanol–water partition coefficient (Wildman–Crippen LogP) is 2.73. The molecule has 7 heteroatoms. The molecule has 1 saturated heterocycles. The molecule has 0 bridgehead atoms. The number of nitrogens with two attached hydrogens (primary N) is 1. The number of ether oxygens (including phenoxy) is 2. The highest BCUT2D eigenvalue weighted by molar-refractivity contribution is 6.09. The van der Waals surface area contributed by atoms with Crippen LogP contribution in [-0.2, 0) is 9.47 Å². The molecule has 0 atom stereocenters. The third kappa shape index (κ3) is 4.52. The van der Waals surface area contributed by atoms with Crippen LogP contribution in [0.2, 0.25) is 0 Å². The molecule has 0 spiro atoms. The number of esters is 1. The molecule has 26 heavy (non-hydrogen) atoms. The number of carbonyl (C=O) groups excluding carboxylic acids is 1. The smallest absolute Gasteiger partial charge is 0.357 e. The summed E-state index contributed by atoms with van der Waals surface area (Å²) in [7, 11) is 1.73. The molecule has 0 aliphatic carbocycles. The Kier molecular flexibility index (Phi) is 6.97. The highest BCUT2D eigenvalue weighted by atomic mass is 16.5. The van der Waals surface area contributed by atoms with Crippen molar-refractivity contribution in [3.8, 4) is 0 Å². The molecule has 0 unspecified atom stereocenters. The first-order valence-corrected chi connectivity index (χ1v) is 9.19. The Bertz CT molecular complexity index is 652. The molecule has 7 nitrogen and oxygen atoms in total. The average Bonchev–Trinajstić information content (AvgIpc) is 2.61. The Morgan fingerprint density at radius 2 is 2.08 bits per heavy atom. The Balaban J connectivity index is 2.40. The average molecular weight is 362 g/mol. The number of nitrogens with one attached hydrogen (secondary N) is 1. The van der Waals surface area contributed by atoms with E-state index < -0.39 is 5.97 Å². The zero-order valence-corrected chi connectivity index (χ0v) is 16.2. The lowest BCUT2D eigenvalue weighted by molar-refractivity contribution is 0.0519. The first-order chi connectivity index (χ1) is 12.4.